The second-order valence-corrected chi connectivity index (χ2v) is 7.16. The first-order chi connectivity index (χ1) is 12.9. The lowest BCUT2D eigenvalue weighted by atomic mass is 9.84. The normalized spacial score (nSPS) is 18.1. The fraction of sp³-hybridized carbons (Fsp3) is 0.381. The second kappa shape index (κ2) is 8.17. The highest BCUT2D eigenvalue weighted by Gasteiger charge is 2.34. The molecule has 0 aliphatic carbocycles. The van der Waals surface area contributed by atoms with Crippen LogP contribution in [-0.4, -0.2) is 40.7 Å². The zero-order chi connectivity index (χ0) is 19.4. The minimum Gasteiger partial charge on any atom is -0.387 e. The topological polar surface area (TPSA) is 72.8 Å². The lowest BCUT2D eigenvalue weighted by Gasteiger charge is -2.39. The van der Waals surface area contributed by atoms with Crippen molar-refractivity contribution in [2.24, 2.45) is 0 Å². The number of nitrogens with one attached hydrogen (secondary N) is 1. The van der Waals surface area contributed by atoms with Crippen LogP contribution in [0.3, 0.4) is 0 Å². The second-order valence-electron chi connectivity index (χ2n) is 7.16. The average molecular weight is 372 g/mol. The molecule has 1 atom stereocenters. The molecule has 1 fully saturated rings. The Morgan fingerprint density at radius 3 is 2.30 bits per heavy atom. The van der Waals surface area contributed by atoms with Crippen LogP contribution in [0.4, 0.5) is 10.1 Å². The van der Waals surface area contributed by atoms with E-state index in [1.54, 1.807) is 36.4 Å². The predicted molar refractivity (Wildman–Crippen MR) is 102 cm³/mol. The molecule has 144 valence electrons. The van der Waals surface area contributed by atoms with Crippen molar-refractivity contribution < 1.29 is 19.4 Å². The van der Waals surface area contributed by atoms with Crippen molar-refractivity contribution in [3.63, 3.8) is 0 Å². The summed E-state index contributed by atoms with van der Waals surface area (Å²) in [5.41, 5.74) is 1.26. The van der Waals surface area contributed by atoms with Crippen LogP contribution < -0.4 is 5.32 Å². The first-order valence-electron chi connectivity index (χ1n) is 9.12. The molecule has 1 unspecified atom stereocenters. The highest BCUT2D eigenvalue weighted by molar-refractivity contribution is 5.88. The summed E-state index contributed by atoms with van der Waals surface area (Å²) in [6, 6.07) is 13.1. The van der Waals surface area contributed by atoms with Gasteiger partial charge in [-0.05, 0) is 48.2 Å². The van der Waals surface area contributed by atoms with Gasteiger partial charge in [0.25, 0.3) is 0 Å². The fourth-order valence-corrected chi connectivity index (χ4v) is 3.50. The van der Waals surface area contributed by atoms with E-state index in [4.69, 9.17) is 0 Å². The van der Waals surface area contributed by atoms with Gasteiger partial charge in [0.2, 0.25) is 5.91 Å². The number of halogens is 1. The molecule has 0 bridgehead atoms. The van der Waals surface area contributed by atoms with E-state index in [0.717, 1.165) is 11.1 Å². The molecule has 0 spiro atoms. The summed E-state index contributed by atoms with van der Waals surface area (Å²) in [5.74, 6) is -0.447. The number of likely N-dealkylation sites (tertiary alicyclic amines) is 1. The van der Waals surface area contributed by atoms with Gasteiger partial charge in [-0.15, -0.1) is 0 Å². The van der Waals surface area contributed by atoms with Gasteiger partial charge in [0, 0.05) is 32.2 Å². The van der Waals surface area contributed by atoms with E-state index in [1.807, 2.05) is 0 Å². The van der Waals surface area contributed by atoms with Gasteiger partial charge in [0.1, 0.15) is 5.82 Å². The third kappa shape index (κ3) is 4.91. The van der Waals surface area contributed by atoms with Crippen LogP contribution in [0.5, 0.6) is 0 Å². The molecule has 1 amide bonds. The summed E-state index contributed by atoms with van der Waals surface area (Å²) in [4.78, 5) is 13.2. The minimum atomic E-state index is -0.949. The van der Waals surface area contributed by atoms with Crippen molar-refractivity contribution in [3.05, 3.63) is 65.5 Å². The molecular formula is C21H25FN2O3. The van der Waals surface area contributed by atoms with Gasteiger partial charge in [-0.1, -0.05) is 24.3 Å². The van der Waals surface area contributed by atoms with E-state index in [9.17, 15) is 19.4 Å². The number of amides is 1. The molecule has 1 heterocycles. The zero-order valence-corrected chi connectivity index (χ0v) is 15.4. The van der Waals surface area contributed by atoms with E-state index in [0.29, 0.717) is 38.2 Å². The summed E-state index contributed by atoms with van der Waals surface area (Å²) in [6.45, 7) is 3.22. The van der Waals surface area contributed by atoms with Gasteiger partial charge >= 0.3 is 0 Å². The maximum absolute atomic E-state index is 13.1. The van der Waals surface area contributed by atoms with Crippen molar-refractivity contribution in [1.29, 1.82) is 0 Å². The third-order valence-electron chi connectivity index (χ3n) is 5.11. The third-order valence-corrected chi connectivity index (χ3v) is 5.11. The number of aliphatic hydroxyl groups is 2. The molecule has 0 radical (unpaired) electrons. The maximum atomic E-state index is 13.1. The number of carbonyl (C=O) groups excluding carboxylic acids is 1. The number of aliphatic hydroxyl groups excluding tert-OH is 1. The number of benzene rings is 2. The van der Waals surface area contributed by atoms with Crippen molar-refractivity contribution >= 4 is 11.6 Å². The summed E-state index contributed by atoms with van der Waals surface area (Å²) in [5, 5.41) is 24.0. The molecule has 27 heavy (non-hydrogen) atoms. The minimum absolute atomic E-state index is 0.134. The number of anilines is 1. The van der Waals surface area contributed by atoms with Crippen LogP contribution >= 0.6 is 0 Å². The highest BCUT2D eigenvalue weighted by atomic mass is 19.1. The molecule has 1 aliphatic heterocycles. The largest absolute Gasteiger partial charge is 0.387 e. The number of hydrogen-bond acceptors (Lipinski definition) is 4. The van der Waals surface area contributed by atoms with Crippen molar-refractivity contribution in [3.8, 4) is 0 Å². The van der Waals surface area contributed by atoms with E-state index in [2.05, 4.69) is 10.2 Å². The van der Waals surface area contributed by atoms with Gasteiger partial charge < -0.3 is 20.4 Å². The molecule has 3 N–H and O–H groups in total. The van der Waals surface area contributed by atoms with Gasteiger partial charge in [-0.3, -0.25) is 4.79 Å². The van der Waals surface area contributed by atoms with Gasteiger partial charge in [0.15, 0.2) is 0 Å². The van der Waals surface area contributed by atoms with Crippen LogP contribution in [0.15, 0.2) is 48.5 Å². The van der Waals surface area contributed by atoms with Crippen LogP contribution in [0.2, 0.25) is 0 Å². The Morgan fingerprint density at radius 2 is 1.74 bits per heavy atom. The molecule has 1 saturated heterocycles. The summed E-state index contributed by atoms with van der Waals surface area (Å²) >= 11 is 0. The number of rotatable bonds is 5. The number of β-amino-alcohol motifs (C(OH)–C–C–N with tert-alkyl or cyclic N) is 1. The van der Waals surface area contributed by atoms with Crippen molar-refractivity contribution in [2.45, 2.75) is 31.5 Å². The van der Waals surface area contributed by atoms with Crippen LogP contribution in [-0.2, 0) is 10.4 Å². The Balaban J connectivity index is 1.55. The van der Waals surface area contributed by atoms with Crippen LogP contribution in [0.1, 0.15) is 37.0 Å². The zero-order valence-electron chi connectivity index (χ0n) is 15.4. The first-order valence-corrected chi connectivity index (χ1v) is 9.12. The molecule has 1 aliphatic rings. The quantitative estimate of drug-likeness (QED) is 0.755. The number of nitrogens with zero attached hydrogens (tertiary/aromatic N) is 1. The highest BCUT2D eigenvalue weighted by Crippen LogP contribution is 2.33. The smallest absolute Gasteiger partial charge is 0.221 e. The van der Waals surface area contributed by atoms with Crippen LogP contribution in [0, 0.1) is 5.82 Å². The van der Waals surface area contributed by atoms with E-state index >= 15 is 0 Å². The van der Waals surface area contributed by atoms with Crippen molar-refractivity contribution in [1.82, 2.24) is 4.90 Å². The lowest BCUT2D eigenvalue weighted by molar-refractivity contribution is -0.114. The monoisotopic (exact) mass is 372 g/mol. The van der Waals surface area contributed by atoms with Gasteiger partial charge in [-0.25, -0.2) is 4.39 Å². The molecule has 3 rings (SSSR count). The summed E-state index contributed by atoms with van der Waals surface area (Å²) in [7, 11) is 0. The standard InChI is InChI=1S/C21H25FN2O3/c1-15(25)23-19-8-2-16(3-9-19)20(26)14-24-12-10-21(27,11-13-24)17-4-6-18(22)7-5-17/h2-9,20,26-27H,10-14H2,1H3,(H,23,25). The van der Waals surface area contributed by atoms with Crippen LogP contribution in [0.25, 0.3) is 0 Å². The Hall–Kier alpha value is -2.28. The molecule has 0 aromatic heterocycles. The Bertz CT molecular complexity index is 769. The Kier molecular flexibility index (Phi) is 5.89. The summed E-state index contributed by atoms with van der Waals surface area (Å²) in [6.07, 6.45) is 0.424. The molecule has 2 aromatic rings. The number of hydrogen-bond donors (Lipinski definition) is 3. The van der Waals surface area contributed by atoms with Gasteiger partial charge in [-0.2, -0.15) is 0 Å². The Labute approximate surface area is 158 Å². The molecule has 5 nitrogen and oxygen atoms in total. The van der Waals surface area contributed by atoms with E-state index < -0.39 is 11.7 Å². The van der Waals surface area contributed by atoms with E-state index in [-0.39, 0.29) is 11.7 Å². The lowest BCUT2D eigenvalue weighted by Crippen LogP contribution is -2.43. The predicted octanol–water partition coefficient (Wildman–Crippen LogP) is 2.80. The molecule has 2 aromatic carbocycles. The SMILES string of the molecule is CC(=O)Nc1ccc(C(O)CN2CCC(O)(c3ccc(F)cc3)CC2)cc1. The summed E-state index contributed by atoms with van der Waals surface area (Å²) < 4.78 is 13.1. The van der Waals surface area contributed by atoms with E-state index in [1.165, 1.54) is 19.1 Å². The van der Waals surface area contributed by atoms with Gasteiger partial charge in [0.05, 0.1) is 11.7 Å². The van der Waals surface area contributed by atoms with Crippen molar-refractivity contribution in [2.75, 3.05) is 25.0 Å². The molecule has 0 saturated carbocycles. The average Bonchev–Trinajstić information content (AvgIpc) is 2.64. The molecular weight excluding hydrogens is 347 g/mol. The number of carbonyl (C=O) groups is 1. The number of piperidine rings is 1. The molecule has 6 heteroatoms. The Morgan fingerprint density at radius 1 is 1.15 bits per heavy atom. The fourth-order valence-electron chi connectivity index (χ4n) is 3.50. The first kappa shape index (κ1) is 19.5. The maximum Gasteiger partial charge on any atom is 0.221 e.